The molecule has 11 nitrogen and oxygen atoms in total. The fourth-order valence-corrected chi connectivity index (χ4v) is 5.56. The first-order chi connectivity index (χ1) is 27.2. The number of ether oxygens (including phenoxy) is 3. The maximum Gasteiger partial charge on any atom is 0.305 e. The molecular formula is C45H57N3O8. The molecule has 4 rings (SSSR count). The van der Waals surface area contributed by atoms with Crippen LogP contribution in [-0.2, 0) is 46.6 Å². The summed E-state index contributed by atoms with van der Waals surface area (Å²) in [6, 6.07) is 34.8. The summed E-state index contributed by atoms with van der Waals surface area (Å²) in [5.74, 6) is -0.916. The van der Waals surface area contributed by atoms with E-state index in [1.54, 1.807) is 5.48 Å². The predicted octanol–water partition coefficient (Wildman–Crippen LogP) is 8.62. The highest BCUT2D eigenvalue weighted by molar-refractivity contribution is 5.94. The Morgan fingerprint density at radius 2 is 0.964 bits per heavy atom. The van der Waals surface area contributed by atoms with Gasteiger partial charge in [-0.1, -0.05) is 122 Å². The van der Waals surface area contributed by atoms with Gasteiger partial charge in [-0.3, -0.25) is 24.4 Å². The van der Waals surface area contributed by atoms with Crippen LogP contribution in [-0.4, -0.2) is 48.2 Å². The van der Waals surface area contributed by atoms with Crippen molar-refractivity contribution >= 4 is 35.1 Å². The second kappa shape index (κ2) is 26.4. The third-order valence-corrected chi connectivity index (χ3v) is 8.88. The van der Waals surface area contributed by atoms with Gasteiger partial charge in [-0.15, -0.1) is 0 Å². The Hall–Kier alpha value is -5.36. The summed E-state index contributed by atoms with van der Waals surface area (Å²) in [5.41, 5.74) is 7.52. The SMILES string of the molecule is COC(=O)CCCCCC(OCc1ccc(C)cc1)C(=O)Nc1ccccc1.Cc1ccc(COC(CCCCCC(=O)NO)C(=O)Nc2ccccc2)cc1. The molecule has 2 atom stereocenters. The minimum atomic E-state index is -0.576. The molecule has 11 heteroatoms. The minimum Gasteiger partial charge on any atom is -0.469 e. The van der Waals surface area contributed by atoms with E-state index in [-0.39, 0.29) is 24.2 Å². The number of carbonyl (C=O) groups excluding carboxylic acids is 4. The number of unbranched alkanes of at least 4 members (excludes halogenated alkanes) is 4. The van der Waals surface area contributed by atoms with Crippen molar-refractivity contribution in [2.45, 2.75) is 103 Å². The van der Waals surface area contributed by atoms with E-state index < -0.39 is 18.1 Å². The minimum absolute atomic E-state index is 0.147. The van der Waals surface area contributed by atoms with Crippen LogP contribution < -0.4 is 16.1 Å². The van der Waals surface area contributed by atoms with Crippen molar-refractivity contribution in [1.29, 1.82) is 0 Å². The number of carbonyl (C=O) groups is 4. The molecule has 3 amide bonds. The lowest BCUT2D eigenvalue weighted by atomic mass is 10.1. The standard InChI is InChI=1S/C23H29NO4.C22H28N2O4/c1-18-13-15-19(16-14-18)17-28-21(11-7-4-8-12-22(25)27-2)23(26)24-20-9-5-3-6-10-20;1-17-12-14-18(15-13-17)16-28-20(10-6-3-7-11-21(25)24-27)22(26)23-19-8-4-2-5-9-19/h3,5-6,9-10,13-16,21H,4,7-8,11-12,17H2,1-2H3,(H,24,26);2,4-5,8-9,12-15,20,27H,3,6-7,10-11,16H2,1H3,(H,23,26)(H,24,25). The Bertz CT molecular complexity index is 1590. The number of esters is 1. The predicted molar refractivity (Wildman–Crippen MR) is 218 cm³/mol. The van der Waals surface area contributed by atoms with Gasteiger partial charge in [-0.05, 0) is 74.9 Å². The van der Waals surface area contributed by atoms with E-state index in [1.807, 2.05) is 123 Å². The van der Waals surface area contributed by atoms with Gasteiger partial charge in [0.2, 0.25) is 5.91 Å². The van der Waals surface area contributed by atoms with Gasteiger partial charge in [0.1, 0.15) is 12.2 Å². The molecule has 0 radical (unpaired) electrons. The second-order valence-corrected chi connectivity index (χ2v) is 13.6. The van der Waals surface area contributed by atoms with E-state index in [4.69, 9.17) is 14.7 Å². The molecule has 0 aliphatic rings. The molecule has 4 N–H and O–H groups in total. The van der Waals surface area contributed by atoms with E-state index in [1.165, 1.54) is 18.2 Å². The number of anilines is 2. The van der Waals surface area contributed by atoms with Crippen LogP contribution in [0.5, 0.6) is 0 Å². The lowest BCUT2D eigenvalue weighted by Gasteiger charge is -2.18. The van der Waals surface area contributed by atoms with Crippen LogP contribution in [0.3, 0.4) is 0 Å². The number of hydrogen-bond acceptors (Lipinski definition) is 8. The monoisotopic (exact) mass is 767 g/mol. The fraction of sp³-hybridized carbons (Fsp3) is 0.378. The number of rotatable bonds is 22. The molecule has 0 fully saturated rings. The summed E-state index contributed by atoms with van der Waals surface area (Å²) in [7, 11) is 1.39. The number of aryl methyl sites for hydroxylation is 2. The molecule has 56 heavy (non-hydrogen) atoms. The molecule has 4 aromatic carbocycles. The van der Waals surface area contributed by atoms with E-state index in [0.717, 1.165) is 54.6 Å². The second-order valence-electron chi connectivity index (χ2n) is 13.6. The number of nitrogens with one attached hydrogen (secondary N) is 3. The number of para-hydroxylation sites is 2. The maximum absolute atomic E-state index is 12.7. The molecule has 0 heterocycles. The van der Waals surface area contributed by atoms with Crippen molar-refractivity contribution in [3.8, 4) is 0 Å². The normalized spacial score (nSPS) is 11.6. The van der Waals surface area contributed by atoms with Crippen LogP contribution in [0, 0.1) is 13.8 Å². The molecule has 0 aliphatic carbocycles. The number of amides is 3. The zero-order valence-electron chi connectivity index (χ0n) is 32.8. The van der Waals surface area contributed by atoms with Gasteiger partial charge >= 0.3 is 5.97 Å². The van der Waals surface area contributed by atoms with Crippen molar-refractivity contribution in [3.05, 3.63) is 131 Å². The highest BCUT2D eigenvalue weighted by atomic mass is 16.5. The summed E-state index contributed by atoms with van der Waals surface area (Å²) in [6.45, 7) is 4.81. The van der Waals surface area contributed by atoms with Crippen LogP contribution in [0.2, 0.25) is 0 Å². The van der Waals surface area contributed by atoms with Crippen molar-refractivity contribution in [2.24, 2.45) is 0 Å². The van der Waals surface area contributed by atoms with E-state index in [0.29, 0.717) is 38.9 Å². The van der Waals surface area contributed by atoms with E-state index in [2.05, 4.69) is 15.4 Å². The van der Waals surface area contributed by atoms with Gasteiger partial charge < -0.3 is 24.8 Å². The lowest BCUT2D eigenvalue weighted by Crippen LogP contribution is -2.30. The first kappa shape index (κ1) is 45.0. The third kappa shape index (κ3) is 18.8. The van der Waals surface area contributed by atoms with Crippen LogP contribution in [0.4, 0.5) is 11.4 Å². The molecule has 0 spiro atoms. The van der Waals surface area contributed by atoms with Crippen molar-refractivity contribution in [3.63, 3.8) is 0 Å². The lowest BCUT2D eigenvalue weighted by molar-refractivity contribution is -0.140. The van der Waals surface area contributed by atoms with Crippen molar-refractivity contribution < 1.29 is 38.6 Å². The summed E-state index contributed by atoms with van der Waals surface area (Å²) in [4.78, 5) is 47.6. The van der Waals surface area contributed by atoms with Gasteiger partial charge in [0.15, 0.2) is 0 Å². The highest BCUT2D eigenvalue weighted by Crippen LogP contribution is 2.17. The van der Waals surface area contributed by atoms with Crippen molar-refractivity contribution in [1.82, 2.24) is 5.48 Å². The van der Waals surface area contributed by atoms with Gasteiger partial charge in [0.25, 0.3) is 11.8 Å². The largest absolute Gasteiger partial charge is 0.469 e. The molecule has 2 unspecified atom stereocenters. The summed E-state index contributed by atoms with van der Waals surface area (Å²) >= 11 is 0. The summed E-state index contributed by atoms with van der Waals surface area (Å²) in [6.07, 6.45) is 5.29. The third-order valence-electron chi connectivity index (χ3n) is 8.88. The molecule has 300 valence electrons. The highest BCUT2D eigenvalue weighted by Gasteiger charge is 2.21. The van der Waals surface area contributed by atoms with Crippen LogP contribution in [0.15, 0.2) is 109 Å². The van der Waals surface area contributed by atoms with Gasteiger partial charge in [0, 0.05) is 24.2 Å². The Labute approximate surface area is 331 Å². The average molecular weight is 768 g/mol. The average Bonchev–Trinajstić information content (AvgIpc) is 3.21. The molecule has 0 saturated carbocycles. The Kier molecular flexibility index (Phi) is 21.3. The number of hydroxylamine groups is 1. The van der Waals surface area contributed by atoms with Gasteiger partial charge in [-0.25, -0.2) is 5.48 Å². The molecule has 0 aromatic heterocycles. The molecular weight excluding hydrogens is 711 g/mol. The number of benzene rings is 4. The number of methoxy groups -OCH3 is 1. The Morgan fingerprint density at radius 1 is 0.554 bits per heavy atom. The molecule has 0 aliphatic heterocycles. The first-order valence-corrected chi connectivity index (χ1v) is 19.2. The topological polar surface area (TPSA) is 152 Å². The van der Waals surface area contributed by atoms with Crippen LogP contribution >= 0.6 is 0 Å². The first-order valence-electron chi connectivity index (χ1n) is 19.2. The van der Waals surface area contributed by atoms with Crippen LogP contribution in [0.1, 0.15) is 86.5 Å². The molecule has 0 saturated heterocycles. The van der Waals surface area contributed by atoms with Crippen LogP contribution in [0.25, 0.3) is 0 Å². The Balaban J connectivity index is 0.000000300. The summed E-state index contributed by atoms with van der Waals surface area (Å²) < 4.78 is 16.5. The zero-order valence-corrected chi connectivity index (χ0v) is 32.8. The smallest absolute Gasteiger partial charge is 0.305 e. The van der Waals surface area contributed by atoms with Gasteiger partial charge in [0.05, 0.1) is 20.3 Å². The summed E-state index contributed by atoms with van der Waals surface area (Å²) in [5, 5.41) is 14.3. The van der Waals surface area contributed by atoms with E-state index >= 15 is 0 Å². The zero-order chi connectivity index (χ0) is 40.4. The Morgan fingerprint density at radius 3 is 1.36 bits per heavy atom. The fourth-order valence-electron chi connectivity index (χ4n) is 5.56. The molecule has 0 bridgehead atoms. The number of hydrogen-bond donors (Lipinski definition) is 4. The maximum atomic E-state index is 12.7. The quantitative estimate of drug-likeness (QED) is 0.0269. The van der Waals surface area contributed by atoms with E-state index in [9.17, 15) is 19.2 Å². The molecule has 4 aromatic rings. The van der Waals surface area contributed by atoms with Gasteiger partial charge in [-0.2, -0.15) is 0 Å². The van der Waals surface area contributed by atoms with Crippen molar-refractivity contribution in [2.75, 3.05) is 17.7 Å².